The number of hydrogen-bond acceptors (Lipinski definition) is 2. The molecular formula is C16H27NO. The molecule has 0 saturated carbocycles. The van der Waals surface area contributed by atoms with Crippen LogP contribution in [0.5, 0.6) is 5.75 Å². The summed E-state index contributed by atoms with van der Waals surface area (Å²) in [6, 6.07) is 6.49. The summed E-state index contributed by atoms with van der Waals surface area (Å²) in [5.74, 6) is 1.04. The van der Waals surface area contributed by atoms with Crippen LogP contribution in [0, 0.1) is 6.92 Å². The van der Waals surface area contributed by atoms with Gasteiger partial charge in [0.2, 0.25) is 0 Å². The van der Waals surface area contributed by atoms with Gasteiger partial charge in [0.25, 0.3) is 0 Å². The smallest absolute Gasteiger partial charge is 0.123 e. The third kappa shape index (κ3) is 4.69. The topological polar surface area (TPSA) is 21.3 Å². The second-order valence-corrected chi connectivity index (χ2v) is 5.81. The molecule has 102 valence electrons. The number of aryl methyl sites for hydroxylation is 1. The summed E-state index contributed by atoms with van der Waals surface area (Å²) in [5, 5.41) is 3.31. The average Bonchev–Trinajstić information content (AvgIpc) is 2.27. The van der Waals surface area contributed by atoms with Crippen LogP contribution in [0.1, 0.15) is 45.2 Å². The molecule has 0 aromatic heterocycles. The van der Waals surface area contributed by atoms with E-state index in [4.69, 9.17) is 4.74 Å². The molecule has 0 spiro atoms. The molecule has 0 amide bonds. The largest absolute Gasteiger partial charge is 0.493 e. The molecule has 0 aliphatic heterocycles. The Hall–Kier alpha value is -1.02. The fourth-order valence-electron chi connectivity index (χ4n) is 1.92. The average molecular weight is 249 g/mol. The van der Waals surface area contributed by atoms with Crippen LogP contribution in [0.4, 0.5) is 0 Å². The summed E-state index contributed by atoms with van der Waals surface area (Å²) in [6.45, 7) is 13.7. The number of ether oxygens (including phenoxy) is 1. The first-order valence-electron chi connectivity index (χ1n) is 6.90. The van der Waals surface area contributed by atoms with Gasteiger partial charge in [0, 0.05) is 0 Å². The summed E-state index contributed by atoms with van der Waals surface area (Å²) in [4.78, 5) is 0. The van der Waals surface area contributed by atoms with Gasteiger partial charge in [0.15, 0.2) is 0 Å². The number of hydrogen-bond donors (Lipinski definition) is 1. The molecule has 0 bridgehead atoms. The molecular weight excluding hydrogens is 222 g/mol. The Bertz CT molecular complexity index is 366. The van der Waals surface area contributed by atoms with Crippen molar-refractivity contribution in [2.75, 3.05) is 19.7 Å². The zero-order valence-corrected chi connectivity index (χ0v) is 12.5. The van der Waals surface area contributed by atoms with Gasteiger partial charge in [-0.05, 0) is 49.0 Å². The molecule has 0 radical (unpaired) electrons. The molecule has 2 nitrogen and oxygen atoms in total. The Kier molecular flexibility index (Phi) is 5.67. The Morgan fingerprint density at radius 3 is 2.56 bits per heavy atom. The lowest BCUT2D eigenvalue weighted by molar-refractivity contribution is 0.300. The van der Waals surface area contributed by atoms with Crippen LogP contribution in [0.25, 0.3) is 0 Å². The summed E-state index contributed by atoms with van der Waals surface area (Å²) >= 11 is 0. The van der Waals surface area contributed by atoms with Crippen LogP contribution in [0.15, 0.2) is 18.2 Å². The highest BCUT2D eigenvalue weighted by Crippen LogP contribution is 2.32. The van der Waals surface area contributed by atoms with Gasteiger partial charge in [0.1, 0.15) is 5.75 Å². The van der Waals surface area contributed by atoms with E-state index in [0.29, 0.717) is 0 Å². The van der Waals surface area contributed by atoms with Gasteiger partial charge in [0.05, 0.1) is 6.61 Å². The molecule has 0 aliphatic carbocycles. The minimum atomic E-state index is 0.130. The highest BCUT2D eigenvalue weighted by atomic mass is 16.5. The number of nitrogens with one attached hydrogen (secondary N) is 1. The summed E-state index contributed by atoms with van der Waals surface area (Å²) in [5.41, 5.74) is 2.67. The van der Waals surface area contributed by atoms with Gasteiger partial charge in [-0.2, -0.15) is 0 Å². The van der Waals surface area contributed by atoms with Crippen molar-refractivity contribution in [3.05, 3.63) is 29.3 Å². The lowest BCUT2D eigenvalue weighted by Gasteiger charge is -2.23. The SMILES string of the molecule is CCNCCCOc1cc(C)ccc1C(C)(C)C. The van der Waals surface area contributed by atoms with E-state index in [1.807, 2.05) is 0 Å². The van der Waals surface area contributed by atoms with E-state index in [9.17, 15) is 0 Å². The van der Waals surface area contributed by atoms with Crippen molar-refractivity contribution >= 4 is 0 Å². The first-order valence-corrected chi connectivity index (χ1v) is 6.90. The third-order valence-corrected chi connectivity index (χ3v) is 2.95. The highest BCUT2D eigenvalue weighted by Gasteiger charge is 2.18. The molecule has 2 heteroatoms. The van der Waals surface area contributed by atoms with Crippen LogP contribution in [-0.4, -0.2) is 19.7 Å². The third-order valence-electron chi connectivity index (χ3n) is 2.95. The van der Waals surface area contributed by atoms with E-state index in [1.165, 1.54) is 11.1 Å². The van der Waals surface area contributed by atoms with Crippen molar-refractivity contribution in [3.8, 4) is 5.75 Å². The van der Waals surface area contributed by atoms with Gasteiger partial charge >= 0.3 is 0 Å². The summed E-state index contributed by atoms with van der Waals surface area (Å²) in [7, 11) is 0. The van der Waals surface area contributed by atoms with Gasteiger partial charge in [-0.25, -0.2) is 0 Å². The summed E-state index contributed by atoms with van der Waals surface area (Å²) in [6.07, 6.45) is 1.05. The van der Waals surface area contributed by atoms with Crippen LogP contribution >= 0.6 is 0 Å². The lowest BCUT2D eigenvalue weighted by atomic mass is 9.86. The zero-order valence-electron chi connectivity index (χ0n) is 12.5. The van der Waals surface area contributed by atoms with Crippen molar-refractivity contribution in [1.82, 2.24) is 5.32 Å². The maximum absolute atomic E-state index is 5.95. The van der Waals surface area contributed by atoms with Crippen molar-refractivity contribution < 1.29 is 4.74 Å². The molecule has 0 aliphatic rings. The second kappa shape index (κ2) is 6.79. The van der Waals surface area contributed by atoms with Crippen molar-refractivity contribution in [1.29, 1.82) is 0 Å². The molecule has 1 aromatic carbocycles. The van der Waals surface area contributed by atoms with Gasteiger partial charge in [-0.3, -0.25) is 0 Å². The highest BCUT2D eigenvalue weighted by molar-refractivity contribution is 5.41. The van der Waals surface area contributed by atoms with E-state index in [2.05, 4.69) is 58.1 Å². The first kappa shape index (κ1) is 15.0. The lowest BCUT2D eigenvalue weighted by Crippen LogP contribution is -2.18. The van der Waals surface area contributed by atoms with Gasteiger partial charge in [-0.1, -0.05) is 39.8 Å². The minimum absolute atomic E-state index is 0.130. The Labute approximate surface area is 112 Å². The normalized spacial score (nSPS) is 11.6. The molecule has 0 unspecified atom stereocenters. The zero-order chi connectivity index (χ0) is 13.6. The first-order chi connectivity index (χ1) is 8.45. The van der Waals surface area contributed by atoms with Crippen LogP contribution in [0.3, 0.4) is 0 Å². The van der Waals surface area contributed by atoms with Crippen LogP contribution in [0.2, 0.25) is 0 Å². The Morgan fingerprint density at radius 1 is 1.22 bits per heavy atom. The predicted octanol–water partition coefficient (Wildman–Crippen LogP) is 3.67. The van der Waals surface area contributed by atoms with Gasteiger partial charge in [-0.15, -0.1) is 0 Å². The van der Waals surface area contributed by atoms with E-state index >= 15 is 0 Å². The monoisotopic (exact) mass is 249 g/mol. The molecule has 0 fully saturated rings. The fourth-order valence-corrected chi connectivity index (χ4v) is 1.92. The van der Waals surface area contributed by atoms with Crippen LogP contribution < -0.4 is 10.1 Å². The standard InChI is InChI=1S/C16H27NO/c1-6-17-10-7-11-18-15-12-13(2)8-9-14(15)16(3,4)5/h8-9,12,17H,6-7,10-11H2,1-5H3. The minimum Gasteiger partial charge on any atom is -0.493 e. The molecule has 0 atom stereocenters. The van der Waals surface area contributed by atoms with Crippen molar-refractivity contribution in [3.63, 3.8) is 0 Å². The Balaban J connectivity index is 2.65. The molecule has 0 heterocycles. The predicted molar refractivity (Wildman–Crippen MR) is 78.5 cm³/mol. The molecule has 0 saturated heterocycles. The fraction of sp³-hybridized carbons (Fsp3) is 0.625. The molecule has 1 rings (SSSR count). The van der Waals surface area contributed by atoms with E-state index in [1.54, 1.807) is 0 Å². The van der Waals surface area contributed by atoms with Crippen molar-refractivity contribution in [2.24, 2.45) is 0 Å². The molecule has 18 heavy (non-hydrogen) atoms. The quantitative estimate of drug-likeness (QED) is 0.777. The molecule has 1 aromatic rings. The Morgan fingerprint density at radius 2 is 1.94 bits per heavy atom. The number of benzene rings is 1. The second-order valence-electron chi connectivity index (χ2n) is 5.81. The maximum Gasteiger partial charge on any atom is 0.123 e. The van der Waals surface area contributed by atoms with E-state index in [0.717, 1.165) is 31.9 Å². The maximum atomic E-state index is 5.95. The van der Waals surface area contributed by atoms with E-state index in [-0.39, 0.29) is 5.41 Å². The number of rotatable bonds is 6. The van der Waals surface area contributed by atoms with Crippen LogP contribution in [-0.2, 0) is 5.41 Å². The van der Waals surface area contributed by atoms with Crippen molar-refractivity contribution in [2.45, 2.75) is 46.5 Å². The van der Waals surface area contributed by atoms with Gasteiger partial charge < -0.3 is 10.1 Å². The summed E-state index contributed by atoms with van der Waals surface area (Å²) < 4.78 is 5.95. The van der Waals surface area contributed by atoms with E-state index < -0.39 is 0 Å². The molecule has 1 N–H and O–H groups in total.